The van der Waals surface area contributed by atoms with Crippen LogP contribution in [0.3, 0.4) is 0 Å². The van der Waals surface area contributed by atoms with Crippen molar-refractivity contribution in [1.29, 1.82) is 0 Å². The number of carbonyl (C=O) groups excluding carboxylic acids is 1. The minimum absolute atomic E-state index is 0.199. The lowest BCUT2D eigenvalue weighted by atomic mass is 10.0. The molecule has 0 amide bonds. The summed E-state index contributed by atoms with van der Waals surface area (Å²) in [6.45, 7) is 5.62. The second kappa shape index (κ2) is 7.44. The van der Waals surface area contributed by atoms with Gasteiger partial charge < -0.3 is 0 Å². The van der Waals surface area contributed by atoms with Crippen LogP contribution in [0.15, 0.2) is 54.6 Å². The fourth-order valence-electron chi connectivity index (χ4n) is 1.78. The summed E-state index contributed by atoms with van der Waals surface area (Å²) in [4.78, 5) is 11.1. The molecule has 0 heterocycles. The van der Waals surface area contributed by atoms with Crippen LogP contribution in [-0.4, -0.2) is 5.78 Å². The van der Waals surface area contributed by atoms with Crippen LogP contribution in [0.1, 0.15) is 26.3 Å². The summed E-state index contributed by atoms with van der Waals surface area (Å²) in [5, 5.41) is 0. The fraction of sp³-hybridized carbons (Fsp3) is 0.235. The molecule has 1 nitrogen and oxygen atoms in total. The van der Waals surface area contributed by atoms with Crippen LogP contribution in [0, 0.1) is 0 Å². The molecule has 2 aromatic carbocycles. The summed E-state index contributed by atoms with van der Waals surface area (Å²) in [7, 11) is 0. The van der Waals surface area contributed by atoms with E-state index < -0.39 is 0 Å². The van der Waals surface area contributed by atoms with Crippen molar-refractivity contribution in [2.75, 3.05) is 0 Å². The van der Waals surface area contributed by atoms with Crippen LogP contribution < -0.4 is 0 Å². The maximum Gasteiger partial charge on any atom is 0.134 e. The van der Waals surface area contributed by atoms with Gasteiger partial charge >= 0.3 is 0 Å². The Hall–Kier alpha value is -1.89. The lowest BCUT2D eigenvalue weighted by molar-refractivity contribution is -0.116. The number of hydrogen-bond donors (Lipinski definition) is 0. The molecule has 0 saturated carbocycles. The molecule has 94 valence electrons. The Balaban J connectivity index is 0.000000771. The van der Waals surface area contributed by atoms with E-state index in [9.17, 15) is 4.79 Å². The Morgan fingerprint density at radius 3 is 2.11 bits per heavy atom. The summed E-state index contributed by atoms with van der Waals surface area (Å²) >= 11 is 0. The largest absolute Gasteiger partial charge is 0.300 e. The number of rotatable bonds is 3. The van der Waals surface area contributed by atoms with Gasteiger partial charge in [0.15, 0.2) is 0 Å². The topological polar surface area (TPSA) is 17.1 Å². The summed E-state index contributed by atoms with van der Waals surface area (Å²) in [5.74, 6) is 0.199. The second-order valence-corrected chi connectivity index (χ2v) is 3.95. The molecular formula is C17H20O. The quantitative estimate of drug-likeness (QED) is 0.771. The van der Waals surface area contributed by atoms with E-state index in [1.807, 2.05) is 44.2 Å². The van der Waals surface area contributed by atoms with Gasteiger partial charge in [0.05, 0.1) is 0 Å². The minimum atomic E-state index is 0.199. The Labute approximate surface area is 109 Å². The molecule has 0 N–H and O–H groups in total. The molecule has 1 heteroatoms. The molecule has 2 aromatic rings. The van der Waals surface area contributed by atoms with Gasteiger partial charge in [-0.25, -0.2) is 0 Å². The first-order valence-corrected chi connectivity index (χ1v) is 6.39. The van der Waals surface area contributed by atoms with Crippen molar-refractivity contribution in [3.05, 3.63) is 60.2 Å². The molecule has 0 aliphatic rings. The minimum Gasteiger partial charge on any atom is -0.300 e. The van der Waals surface area contributed by atoms with Gasteiger partial charge in [-0.15, -0.1) is 0 Å². The van der Waals surface area contributed by atoms with E-state index in [-0.39, 0.29) is 5.78 Å². The third kappa shape index (κ3) is 4.17. The van der Waals surface area contributed by atoms with E-state index in [4.69, 9.17) is 0 Å². The molecule has 0 saturated heterocycles. The third-order valence-corrected chi connectivity index (χ3v) is 2.49. The third-order valence-electron chi connectivity index (χ3n) is 2.49. The highest BCUT2D eigenvalue weighted by Crippen LogP contribution is 2.20. The monoisotopic (exact) mass is 240 g/mol. The highest BCUT2D eigenvalue weighted by Gasteiger charge is 2.00. The van der Waals surface area contributed by atoms with E-state index in [1.165, 1.54) is 11.1 Å². The number of Topliss-reactive ketones (excluding diaryl/α,β-unsaturated/α-hetero) is 1. The molecule has 0 fully saturated rings. The molecule has 0 aromatic heterocycles. The number of carbonyl (C=O) groups is 1. The van der Waals surface area contributed by atoms with Gasteiger partial charge in [0.2, 0.25) is 0 Å². The summed E-state index contributed by atoms with van der Waals surface area (Å²) in [6, 6.07) is 18.3. The molecule has 0 atom stereocenters. The van der Waals surface area contributed by atoms with Crippen molar-refractivity contribution in [2.45, 2.75) is 27.2 Å². The summed E-state index contributed by atoms with van der Waals surface area (Å²) < 4.78 is 0. The van der Waals surface area contributed by atoms with Crippen molar-refractivity contribution in [3.8, 4) is 11.1 Å². The molecule has 18 heavy (non-hydrogen) atoms. The first kappa shape index (κ1) is 14.2. The summed E-state index contributed by atoms with van der Waals surface area (Å²) in [6.07, 6.45) is 0.515. The molecule has 0 bridgehead atoms. The van der Waals surface area contributed by atoms with E-state index >= 15 is 0 Å². The maximum atomic E-state index is 11.1. The van der Waals surface area contributed by atoms with Gasteiger partial charge in [-0.3, -0.25) is 4.79 Å². The Morgan fingerprint density at radius 2 is 1.50 bits per heavy atom. The number of ketones is 1. The first-order valence-electron chi connectivity index (χ1n) is 6.39. The molecule has 0 unspecified atom stereocenters. The van der Waals surface area contributed by atoms with Crippen LogP contribution in [-0.2, 0) is 11.2 Å². The summed E-state index contributed by atoms with van der Waals surface area (Å²) in [5.41, 5.74) is 3.43. The van der Waals surface area contributed by atoms with Gasteiger partial charge in [0.25, 0.3) is 0 Å². The van der Waals surface area contributed by atoms with Gasteiger partial charge in [-0.05, 0) is 23.6 Å². The van der Waals surface area contributed by atoms with Gasteiger partial charge in [0, 0.05) is 6.42 Å². The highest BCUT2D eigenvalue weighted by atomic mass is 16.1. The van der Waals surface area contributed by atoms with Gasteiger partial charge in [-0.2, -0.15) is 0 Å². The van der Waals surface area contributed by atoms with E-state index in [0.29, 0.717) is 6.42 Å². The second-order valence-electron chi connectivity index (χ2n) is 3.95. The van der Waals surface area contributed by atoms with Crippen LogP contribution in [0.4, 0.5) is 0 Å². The molecule has 0 aliphatic carbocycles. The van der Waals surface area contributed by atoms with Gasteiger partial charge in [-0.1, -0.05) is 68.4 Å². The normalized spacial score (nSPS) is 9.28. The average Bonchev–Trinajstić information content (AvgIpc) is 2.42. The van der Waals surface area contributed by atoms with Crippen molar-refractivity contribution in [1.82, 2.24) is 0 Å². The predicted molar refractivity (Wildman–Crippen MR) is 77.6 cm³/mol. The lowest BCUT2D eigenvalue weighted by Crippen LogP contribution is -1.95. The Bertz CT molecular complexity index is 486. The standard InChI is InChI=1S/C15H14O.C2H6/c1-12(16)10-13-6-5-9-15(11-13)14-7-3-2-4-8-14;1-2/h2-9,11H,10H2,1H3;1-2H3. The molecular weight excluding hydrogens is 220 g/mol. The molecule has 2 rings (SSSR count). The highest BCUT2D eigenvalue weighted by molar-refractivity contribution is 5.78. The van der Waals surface area contributed by atoms with E-state index in [0.717, 1.165) is 5.56 Å². The maximum absolute atomic E-state index is 11.1. The van der Waals surface area contributed by atoms with Crippen LogP contribution in [0.25, 0.3) is 11.1 Å². The Morgan fingerprint density at radius 1 is 0.889 bits per heavy atom. The SMILES string of the molecule is CC.CC(=O)Cc1cccc(-c2ccccc2)c1. The average molecular weight is 240 g/mol. The van der Waals surface area contributed by atoms with Gasteiger partial charge in [0.1, 0.15) is 5.78 Å². The van der Waals surface area contributed by atoms with Crippen LogP contribution in [0.5, 0.6) is 0 Å². The zero-order valence-electron chi connectivity index (χ0n) is 11.3. The molecule has 0 aliphatic heterocycles. The smallest absolute Gasteiger partial charge is 0.134 e. The van der Waals surface area contributed by atoms with E-state index in [1.54, 1.807) is 6.92 Å². The predicted octanol–water partition coefficient (Wildman–Crippen LogP) is 4.51. The molecule has 0 spiro atoms. The first-order chi connectivity index (χ1) is 8.75. The van der Waals surface area contributed by atoms with E-state index in [2.05, 4.69) is 24.3 Å². The van der Waals surface area contributed by atoms with Crippen LogP contribution >= 0.6 is 0 Å². The number of hydrogen-bond acceptors (Lipinski definition) is 1. The Kier molecular flexibility index (Phi) is 5.86. The molecule has 0 radical (unpaired) electrons. The lowest BCUT2D eigenvalue weighted by Gasteiger charge is -2.04. The van der Waals surface area contributed by atoms with Crippen molar-refractivity contribution in [2.24, 2.45) is 0 Å². The zero-order valence-corrected chi connectivity index (χ0v) is 11.3. The fourth-order valence-corrected chi connectivity index (χ4v) is 1.78. The van der Waals surface area contributed by atoms with Crippen LogP contribution in [0.2, 0.25) is 0 Å². The van der Waals surface area contributed by atoms with Crippen molar-refractivity contribution in [3.63, 3.8) is 0 Å². The zero-order chi connectivity index (χ0) is 13.4. The number of benzene rings is 2. The van der Waals surface area contributed by atoms with Crippen molar-refractivity contribution < 1.29 is 4.79 Å². The van der Waals surface area contributed by atoms with Crippen molar-refractivity contribution >= 4 is 5.78 Å².